The number of rotatable bonds is 3. The van der Waals surface area contributed by atoms with Crippen molar-refractivity contribution >= 4 is 5.69 Å². The van der Waals surface area contributed by atoms with Crippen molar-refractivity contribution in [2.24, 2.45) is 0 Å². The smallest absolute Gasteiger partial charge is 0.258 e. The second-order valence-electron chi connectivity index (χ2n) is 4.50. The molecule has 0 saturated carbocycles. The van der Waals surface area contributed by atoms with Crippen molar-refractivity contribution in [2.45, 2.75) is 19.8 Å². The average molecular weight is 265 g/mol. The van der Waals surface area contributed by atoms with E-state index >= 15 is 0 Å². The topological polar surface area (TPSA) is 43.1 Å². The summed E-state index contributed by atoms with van der Waals surface area (Å²) in [5.74, 6) is 6.07. The molecule has 20 heavy (non-hydrogen) atoms. The van der Waals surface area contributed by atoms with Crippen LogP contribution >= 0.6 is 0 Å². The van der Waals surface area contributed by atoms with E-state index in [0.29, 0.717) is 0 Å². The molecule has 0 aliphatic heterocycles. The lowest BCUT2D eigenvalue weighted by molar-refractivity contribution is -0.384. The van der Waals surface area contributed by atoms with E-state index in [-0.39, 0.29) is 5.69 Å². The molecule has 0 heterocycles. The van der Waals surface area contributed by atoms with Crippen molar-refractivity contribution in [1.29, 1.82) is 0 Å². The molecule has 0 aliphatic carbocycles. The third kappa shape index (κ3) is 3.69. The minimum atomic E-state index is -0.413. The minimum Gasteiger partial charge on any atom is -0.258 e. The van der Waals surface area contributed by atoms with Crippen molar-refractivity contribution in [3.05, 3.63) is 75.3 Å². The van der Waals surface area contributed by atoms with Crippen LogP contribution in [-0.4, -0.2) is 4.92 Å². The Kier molecular flexibility index (Phi) is 4.52. The summed E-state index contributed by atoms with van der Waals surface area (Å²) >= 11 is 0. The van der Waals surface area contributed by atoms with Gasteiger partial charge in [0.25, 0.3) is 5.69 Å². The molecule has 100 valence electrons. The predicted molar refractivity (Wildman–Crippen MR) is 79.5 cm³/mol. The second-order valence-corrected chi connectivity index (χ2v) is 4.50. The summed E-state index contributed by atoms with van der Waals surface area (Å²) in [7, 11) is 0. The first-order valence-corrected chi connectivity index (χ1v) is 6.54. The summed E-state index contributed by atoms with van der Waals surface area (Å²) in [6, 6.07) is 14.4. The number of benzene rings is 2. The molecular weight excluding hydrogens is 250 g/mol. The van der Waals surface area contributed by atoms with E-state index in [0.717, 1.165) is 24.0 Å². The number of nitro groups is 1. The number of nitrogens with zero attached hydrogens (tertiary/aromatic N) is 1. The van der Waals surface area contributed by atoms with Crippen molar-refractivity contribution in [1.82, 2.24) is 0 Å². The van der Waals surface area contributed by atoms with E-state index in [1.165, 1.54) is 17.7 Å². The Bertz CT molecular complexity index is 646. The predicted octanol–water partition coefficient (Wildman–Crippen LogP) is 3.95. The van der Waals surface area contributed by atoms with Gasteiger partial charge in [0.15, 0.2) is 0 Å². The van der Waals surface area contributed by atoms with Gasteiger partial charge in [0.2, 0.25) is 0 Å². The van der Waals surface area contributed by atoms with Crippen molar-refractivity contribution in [2.75, 3.05) is 0 Å². The zero-order chi connectivity index (χ0) is 14.4. The Morgan fingerprint density at radius 1 is 0.950 bits per heavy atom. The van der Waals surface area contributed by atoms with Gasteiger partial charge in [-0.1, -0.05) is 37.3 Å². The monoisotopic (exact) mass is 265 g/mol. The number of non-ortho nitro benzene ring substituents is 1. The van der Waals surface area contributed by atoms with E-state index in [9.17, 15) is 10.1 Å². The summed E-state index contributed by atoms with van der Waals surface area (Å²) in [5.41, 5.74) is 3.12. The van der Waals surface area contributed by atoms with Crippen LogP contribution in [-0.2, 0) is 6.42 Å². The molecule has 2 aromatic rings. The molecule has 0 spiro atoms. The maximum Gasteiger partial charge on any atom is 0.269 e. The molecule has 0 fully saturated rings. The average Bonchev–Trinajstić information content (AvgIpc) is 2.47. The molecule has 2 rings (SSSR count). The maximum atomic E-state index is 10.5. The molecule has 3 heteroatoms. The number of hydrogen-bond acceptors (Lipinski definition) is 2. The molecule has 0 aliphatic rings. The van der Waals surface area contributed by atoms with Crippen LogP contribution in [0, 0.1) is 22.0 Å². The fourth-order valence-electron chi connectivity index (χ4n) is 1.85. The van der Waals surface area contributed by atoms with Gasteiger partial charge in [-0.3, -0.25) is 10.1 Å². The SMILES string of the molecule is CCCc1ccc(C#Cc2ccc([N+](=O)[O-])cc2)cc1. The van der Waals surface area contributed by atoms with Gasteiger partial charge in [0.1, 0.15) is 0 Å². The second kappa shape index (κ2) is 6.53. The Morgan fingerprint density at radius 3 is 1.90 bits per heavy atom. The van der Waals surface area contributed by atoms with Crippen LogP contribution in [0.3, 0.4) is 0 Å². The van der Waals surface area contributed by atoms with Gasteiger partial charge in [-0.25, -0.2) is 0 Å². The number of hydrogen-bond donors (Lipinski definition) is 0. The Labute approximate surface area is 118 Å². The van der Waals surface area contributed by atoms with Gasteiger partial charge in [-0.05, 0) is 36.2 Å². The first kappa shape index (κ1) is 13.8. The van der Waals surface area contributed by atoms with Crippen LogP contribution in [0.5, 0.6) is 0 Å². The van der Waals surface area contributed by atoms with E-state index in [2.05, 4.69) is 30.9 Å². The molecule has 0 aromatic heterocycles. The quantitative estimate of drug-likeness (QED) is 0.479. The molecule has 0 radical (unpaired) electrons. The van der Waals surface area contributed by atoms with Crippen LogP contribution in [0.15, 0.2) is 48.5 Å². The molecule has 2 aromatic carbocycles. The standard InChI is InChI=1S/C17H15NO2/c1-2-3-14-4-6-15(7-5-14)8-9-16-10-12-17(13-11-16)18(19)20/h4-7,10-13H,2-3H2,1H3. The van der Waals surface area contributed by atoms with Crippen molar-refractivity contribution in [3.63, 3.8) is 0 Å². The van der Waals surface area contributed by atoms with E-state index < -0.39 is 4.92 Å². The fraction of sp³-hybridized carbons (Fsp3) is 0.176. The van der Waals surface area contributed by atoms with Crippen LogP contribution < -0.4 is 0 Å². The van der Waals surface area contributed by atoms with Gasteiger partial charge >= 0.3 is 0 Å². The molecule has 0 unspecified atom stereocenters. The maximum absolute atomic E-state index is 10.5. The largest absolute Gasteiger partial charge is 0.269 e. The third-order valence-electron chi connectivity index (χ3n) is 2.92. The summed E-state index contributed by atoms with van der Waals surface area (Å²) < 4.78 is 0. The van der Waals surface area contributed by atoms with E-state index in [1.807, 2.05) is 12.1 Å². The molecule has 0 saturated heterocycles. The fourth-order valence-corrected chi connectivity index (χ4v) is 1.85. The summed E-state index contributed by atoms with van der Waals surface area (Å²) in [4.78, 5) is 10.1. The highest BCUT2D eigenvalue weighted by Crippen LogP contribution is 2.11. The lowest BCUT2D eigenvalue weighted by Crippen LogP contribution is -1.87. The Hall–Kier alpha value is -2.60. The third-order valence-corrected chi connectivity index (χ3v) is 2.92. The van der Waals surface area contributed by atoms with Gasteiger partial charge in [0, 0.05) is 23.3 Å². The van der Waals surface area contributed by atoms with Crippen LogP contribution in [0.4, 0.5) is 5.69 Å². The Balaban J connectivity index is 2.11. The highest BCUT2D eigenvalue weighted by atomic mass is 16.6. The first-order valence-electron chi connectivity index (χ1n) is 6.54. The van der Waals surface area contributed by atoms with Gasteiger partial charge in [-0.2, -0.15) is 0 Å². The van der Waals surface area contributed by atoms with Crippen LogP contribution in [0.2, 0.25) is 0 Å². The number of nitro benzene ring substituents is 1. The van der Waals surface area contributed by atoms with Gasteiger partial charge in [-0.15, -0.1) is 0 Å². The van der Waals surface area contributed by atoms with E-state index in [4.69, 9.17) is 0 Å². The molecule has 0 bridgehead atoms. The molecular formula is C17H15NO2. The molecule has 0 N–H and O–H groups in total. The first-order chi connectivity index (χ1) is 9.69. The summed E-state index contributed by atoms with van der Waals surface area (Å²) in [5, 5.41) is 10.5. The lowest BCUT2D eigenvalue weighted by atomic mass is 10.1. The summed E-state index contributed by atoms with van der Waals surface area (Å²) in [6.07, 6.45) is 2.21. The highest BCUT2D eigenvalue weighted by Gasteiger charge is 2.02. The van der Waals surface area contributed by atoms with Crippen LogP contribution in [0.25, 0.3) is 0 Å². The van der Waals surface area contributed by atoms with Crippen LogP contribution in [0.1, 0.15) is 30.0 Å². The molecule has 0 amide bonds. The summed E-state index contributed by atoms with van der Waals surface area (Å²) in [6.45, 7) is 2.16. The normalized spacial score (nSPS) is 9.65. The van der Waals surface area contributed by atoms with Gasteiger partial charge in [0.05, 0.1) is 4.92 Å². The lowest BCUT2D eigenvalue weighted by Gasteiger charge is -1.97. The Morgan fingerprint density at radius 2 is 1.45 bits per heavy atom. The zero-order valence-corrected chi connectivity index (χ0v) is 11.3. The number of aryl methyl sites for hydroxylation is 1. The van der Waals surface area contributed by atoms with E-state index in [1.54, 1.807) is 12.1 Å². The van der Waals surface area contributed by atoms with Crippen molar-refractivity contribution < 1.29 is 4.92 Å². The molecule has 3 nitrogen and oxygen atoms in total. The highest BCUT2D eigenvalue weighted by molar-refractivity contribution is 5.46. The van der Waals surface area contributed by atoms with Crippen molar-refractivity contribution in [3.8, 4) is 11.8 Å². The zero-order valence-electron chi connectivity index (χ0n) is 11.3. The molecule has 0 atom stereocenters. The van der Waals surface area contributed by atoms with Gasteiger partial charge < -0.3 is 0 Å². The minimum absolute atomic E-state index is 0.0828.